The standard InChI is InChI=1S/C26H31NO8/c1-16(24(29)30-3)33-23-21(27-17(2)28)26(31-14-18-10-6-4-7-11-18)34-20-15-32-25(35-22(20)23)19-12-8-5-9-13-19/h4-13,16,20-23,25-26H,14-15H2,1-3H3,(H,27,28)/t16-,20-,21-,22-,23-,25-,26-/m1/s1. The van der Waals surface area contributed by atoms with Crippen LogP contribution < -0.4 is 5.32 Å². The van der Waals surface area contributed by atoms with Crippen LogP contribution in [0.5, 0.6) is 0 Å². The minimum atomic E-state index is -0.906. The van der Waals surface area contributed by atoms with Crippen LogP contribution in [-0.4, -0.2) is 62.3 Å². The van der Waals surface area contributed by atoms with Crippen LogP contribution in [0.1, 0.15) is 31.3 Å². The van der Waals surface area contributed by atoms with Crippen molar-refractivity contribution in [3.8, 4) is 0 Å². The van der Waals surface area contributed by atoms with Gasteiger partial charge in [-0.1, -0.05) is 60.7 Å². The Morgan fingerprint density at radius 2 is 1.74 bits per heavy atom. The van der Waals surface area contributed by atoms with Gasteiger partial charge in [-0.05, 0) is 12.5 Å². The van der Waals surface area contributed by atoms with Crippen molar-refractivity contribution in [2.24, 2.45) is 0 Å². The molecule has 0 aromatic heterocycles. The molecule has 188 valence electrons. The maximum atomic E-state index is 12.2. The van der Waals surface area contributed by atoms with Gasteiger partial charge in [-0.2, -0.15) is 0 Å². The van der Waals surface area contributed by atoms with Crippen LogP contribution in [0.15, 0.2) is 60.7 Å². The van der Waals surface area contributed by atoms with Gasteiger partial charge in [0.2, 0.25) is 5.91 Å². The molecule has 9 heteroatoms. The summed E-state index contributed by atoms with van der Waals surface area (Å²) in [5.74, 6) is -0.834. The number of carbonyl (C=O) groups is 2. The Kier molecular flexibility index (Phi) is 8.48. The molecule has 2 heterocycles. The lowest BCUT2D eigenvalue weighted by molar-refractivity contribution is -0.352. The van der Waals surface area contributed by atoms with Gasteiger partial charge in [0.1, 0.15) is 24.4 Å². The molecule has 0 radical (unpaired) electrons. The number of fused-ring (bicyclic) bond motifs is 1. The van der Waals surface area contributed by atoms with Crippen LogP contribution in [0.4, 0.5) is 0 Å². The number of amides is 1. The topological polar surface area (TPSA) is 102 Å². The molecule has 7 atom stereocenters. The molecule has 0 saturated carbocycles. The summed E-state index contributed by atoms with van der Waals surface area (Å²) in [6.07, 6.45) is -4.39. The average Bonchev–Trinajstić information content (AvgIpc) is 2.89. The Balaban J connectivity index is 1.60. The number of hydrogen-bond donors (Lipinski definition) is 1. The van der Waals surface area contributed by atoms with Gasteiger partial charge in [0.15, 0.2) is 18.7 Å². The molecule has 4 rings (SSSR count). The molecule has 2 aromatic carbocycles. The lowest BCUT2D eigenvalue weighted by Gasteiger charge is -2.49. The van der Waals surface area contributed by atoms with Crippen molar-refractivity contribution in [2.75, 3.05) is 13.7 Å². The van der Waals surface area contributed by atoms with E-state index < -0.39 is 49.0 Å². The zero-order valence-electron chi connectivity index (χ0n) is 20.0. The average molecular weight is 486 g/mol. The zero-order chi connectivity index (χ0) is 24.8. The first-order valence-electron chi connectivity index (χ1n) is 11.6. The highest BCUT2D eigenvalue weighted by molar-refractivity contribution is 5.74. The Bertz CT molecular complexity index is 972. The van der Waals surface area contributed by atoms with E-state index in [2.05, 4.69) is 5.32 Å². The minimum absolute atomic E-state index is 0.217. The summed E-state index contributed by atoms with van der Waals surface area (Å²) >= 11 is 0. The summed E-state index contributed by atoms with van der Waals surface area (Å²) < 4.78 is 35.6. The second kappa shape index (κ2) is 11.7. The predicted octanol–water partition coefficient (Wildman–Crippen LogP) is 2.49. The van der Waals surface area contributed by atoms with Crippen molar-refractivity contribution in [1.82, 2.24) is 5.32 Å². The highest BCUT2D eigenvalue weighted by Gasteiger charge is 2.52. The third kappa shape index (κ3) is 6.25. The molecule has 0 bridgehead atoms. The summed E-state index contributed by atoms with van der Waals surface area (Å²) in [7, 11) is 1.29. The van der Waals surface area contributed by atoms with Gasteiger partial charge in [0.25, 0.3) is 0 Å². The Morgan fingerprint density at radius 1 is 1.06 bits per heavy atom. The van der Waals surface area contributed by atoms with Crippen molar-refractivity contribution < 1.29 is 38.0 Å². The fraction of sp³-hybridized carbons (Fsp3) is 0.462. The number of carbonyl (C=O) groups excluding carboxylic acids is 2. The van der Waals surface area contributed by atoms with Crippen molar-refractivity contribution in [1.29, 1.82) is 0 Å². The lowest BCUT2D eigenvalue weighted by Crippen LogP contribution is -2.68. The Morgan fingerprint density at radius 3 is 2.40 bits per heavy atom. The SMILES string of the molecule is COC(=O)[C@@H](C)O[C@@H]1[C@@H](NC(C)=O)[C@H](OCc2ccccc2)O[C@@H]2CO[C@@H](c3ccccc3)O[C@@H]12. The molecule has 2 aliphatic rings. The highest BCUT2D eigenvalue weighted by Crippen LogP contribution is 2.36. The Labute approximate surface area is 204 Å². The first kappa shape index (κ1) is 25.3. The molecule has 2 aliphatic heterocycles. The van der Waals surface area contributed by atoms with Crippen molar-refractivity contribution in [3.63, 3.8) is 0 Å². The number of methoxy groups -OCH3 is 1. The number of benzene rings is 2. The molecule has 2 saturated heterocycles. The second-order valence-electron chi connectivity index (χ2n) is 8.51. The molecule has 0 unspecified atom stereocenters. The number of ether oxygens (including phenoxy) is 6. The fourth-order valence-corrected chi connectivity index (χ4v) is 4.25. The van der Waals surface area contributed by atoms with Crippen LogP contribution in [0.3, 0.4) is 0 Å². The van der Waals surface area contributed by atoms with Crippen molar-refractivity contribution in [3.05, 3.63) is 71.8 Å². The molecule has 1 N–H and O–H groups in total. The number of nitrogens with one attached hydrogen (secondary N) is 1. The van der Waals surface area contributed by atoms with Gasteiger partial charge in [0, 0.05) is 12.5 Å². The van der Waals surface area contributed by atoms with E-state index in [-0.39, 0.29) is 19.1 Å². The molecule has 35 heavy (non-hydrogen) atoms. The molecule has 0 spiro atoms. The molecule has 1 amide bonds. The molecule has 2 aromatic rings. The lowest BCUT2D eigenvalue weighted by atomic mass is 9.95. The third-order valence-corrected chi connectivity index (χ3v) is 5.93. The van der Waals surface area contributed by atoms with E-state index in [1.807, 2.05) is 60.7 Å². The van der Waals surface area contributed by atoms with E-state index >= 15 is 0 Å². The quantitative estimate of drug-likeness (QED) is 0.569. The molecule has 0 aliphatic carbocycles. The number of esters is 1. The zero-order valence-corrected chi connectivity index (χ0v) is 20.0. The largest absolute Gasteiger partial charge is 0.467 e. The van der Waals surface area contributed by atoms with Gasteiger partial charge >= 0.3 is 5.97 Å². The first-order chi connectivity index (χ1) is 17.0. The van der Waals surface area contributed by atoms with Gasteiger partial charge in [-0.25, -0.2) is 4.79 Å². The van der Waals surface area contributed by atoms with E-state index in [0.29, 0.717) is 0 Å². The monoisotopic (exact) mass is 485 g/mol. The van der Waals surface area contributed by atoms with Crippen LogP contribution >= 0.6 is 0 Å². The maximum Gasteiger partial charge on any atom is 0.334 e. The van der Waals surface area contributed by atoms with E-state index in [1.54, 1.807) is 6.92 Å². The van der Waals surface area contributed by atoms with Gasteiger partial charge < -0.3 is 33.7 Å². The van der Waals surface area contributed by atoms with Gasteiger partial charge in [0.05, 0.1) is 20.3 Å². The first-order valence-corrected chi connectivity index (χ1v) is 11.6. The summed E-state index contributed by atoms with van der Waals surface area (Å²) in [6.45, 7) is 3.47. The fourth-order valence-electron chi connectivity index (χ4n) is 4.25. The number of rotatable bonds is 8. The van der Waals surface area contributed by atoms with Crippen LogP contribution in [0, 0.1) is 0 Å². The Hall–Kier alpha value is -2.82. The third-order valence-electron chi connectivity index (χ3n) is 5.93. The molecule has 9 nitrogen and oxygen atoms in total. The van der Waals surface area contributed by atoms with Crippen LogP contribution in [0.25, 0.3) is 0 Å². The smallest absolute Gasteiger partial charge is 0.334 e. The van der Waals surface area contributed by atoms with Crippen LogP contribution in [0.2, 0.25) is 0 Å². The molecular formula is C26H31NO8. The van der Waals surface area contributed by atoms with Crippen molar-refractivity contribution >= 4 is 11.9 Å². The van der Waals surface area contributed by atoms with E-state index in [9.17, 15) is 9.59 Å². The predicted molar refractivity (Wildman–Crippen MR) is 124 cm³/mol. The molecular weight excluding hydrogens is 454 g/mol. The van der Waals surface area contributed by atoms with E-state index in [1.165, 1.54) is 14.0 Å². The minimum Gasteiger partial charge on any atom is -0.467 e. The van der Waals surface area contributed by atoms with E-state index in [0.717, 1.165) is 11.1 Å². The maximum absolute atomic E-state index is 12.2. The molecule has 2 fully saturated rings. The summed E-state index contributed by atoms with van der Waals surface area (Å²) in [6, 6.07) is 18.4. The second-order valence-corrected chi connectivity index (χ2v) is 8.51. The summed E-state index contributed by atoms with van der Waals surface area (Å²) in [5.41, 5.74) is 1.78. The summed E-state index contributed by atoms with van der Waals surface area (Å²) in [4.78, 5) is 24.4. The van der Waals surface area contributed by atoms with Gasteiger partial charge in [-0.15, -0.1) is 0 Å². The van der Waals surface area contributed by atoms with Gasteiger partial charge in [-0.3, -0.25) is 4.79 Å². The normalized spacial score (nSPS) is 29.0. The highest BCUT2D eigenvalue weighted by atomic mass is 16.8. The van der Waals surface area contributed by atoms with Crippen LogP contribution in [-0.2, 0) is 44.6 Å². The summed E-state index contributed by atoms with van der Waals surface area (Å²) in [5, 5.41) is 2.88. The van der Waals surface area contributed by atoms with Crippen molar-refractivity contribution in [2.45, 2.75) is 63.5 Å². The van der Waals surface area contributed by atoms with E-state index in [4.69, 9.17) is 28.4 Å². The number of hydrogen-bond acceptors (Lipinski definition) is 8.